The number of hydrogen-bond acceptors (Lipinski definition) is 7. The van der Waals surface area contributed by atoms with Crippen LogP contribution in [0.1, 0.15) is 156 Å². The second-order valence-corrected chi connectivity index (χ2v) is 22.6. The maximum atomic E-state index is 14.3. The normalized spacial score (nSPS) is 14.8. The molecule has 2 heterocycles. The molecule has 0 saturated heterocycles. The molecule has 1 atom stereocenters. The lowest BCUT2D eigenvalue weighted by Crippen LogP contribution is -2.43. The Morgan fingerprint density at radius 2 is 0.862 bits per heavy atom. The van der Waals surface area contributed by atoms with Crippen LogP contribution in [-0.4, -0.2) is 49.4 Å². The number of benzene rings is 5. The Morgan fingerprint density at radius 1 is 0.538 bits per heavy atom. The number of hydrogen-bond donors (Lipinski definition) is 5. The molecule has 1 aromatic heterocycles. The number of rotatable bonds is 4. The third-order valence-corrected chi connectivity index (χ3v) is 13.3. The van der Waals surface area contributed by atoms with E-state index < -0.39 is 12.0 Å². The Labute approximate surface area is 386 Å². The number of aromatic nitrogens is 1. The molecule has 6 aromatic rings. The first-order valence-corrected chi connectivity index (χ1v) is 23.0. The zero-order chi connectivity index (χ0) is 47.6. The van der Waals surface area contributed by atoms with Crippen molar-refractivity contribution in [2.75, 3.05) is 7.11 Å². The third kappa shape index (κ3) is 10.1. The van der Waals surface area contributed by atoms with E-state index >= 15 is 0 Å². The average Bonchev–Trinajstić information content (AvgIpc) is 3.62. The minimum Gasteiger partial charge on any atom is -0.507 e. The number of phenols is 4. The Kier molecular flexibility index (Phi) is 12.5. The van der Waals surface area contributed by atoms with E-state index in [1.807, 2.05) is 77.7 Å². The van der Waals surface area contributed by atoms with E-state index in [9.17, 15) is 25.2 Å². The zero-order valence-corrected chi connectivity index (χ0v) is 40.9. The lowest BCUT2D eigenvalue weighted by molar-refractivity contribution is -0.147. The quantitative estimate of drug-likeness (QED) is 0.112. The predicted octanol–water partition coefficient (Wildman–Crippen LogP) is 12.1. The van der Waals surface area contributed by atoms with Gasteiger partial charge in [0.25, 0.3) is 0 Å². The van der Waals surface area contributed by atoms with Crippen LogP contribution in [0.4, 0.5) is 0 Å². The molecular formula is C57H70N2O6. The van der Waals surface area contributed by atoms with Crippen molar-refractivity contribution in [1.82, 2.24) is 9.88 Å². The number of para-hydroxylation sites is 1. The van der Waals surface area contributed by atoms with Gasteiger partial charge in [0.15, 0.2) is 0 Å². The summed E-state index contributed by atoms with van der Waals surface area (Å²) in [7, 11) is 1.40. The van der Waals surface area contributed by atoms with Gasteiger partial charge in [0.1, 0.15) is 29.0 Å². The van der Waals surface area contributed by atoms with Gasteiger partial charge in [-0.3, -0.25) is 9.69 Å². The Hall–Kier alpha value is -5.73. The van der Waals surface area contributed by atoms with Gasteiger partial charge in [0, 0.05) is 61.1 Å². The first kappa shape index (κ1) is 47.2. The number of aromatic hydroxyl groups is 4. The van der Waals surface area contributed by atoms with E-state index in [1.54, 1.807) is 0 Å². The third-order valence-electron chi connectivity index (χ3n) is 13.3. The summed E-state index contributed by atoms with van der Waals surface area (Å²) in [6, 6.07) is 25.5. The molecule has 8 nitrogen and oxygen atoms in total. The van der Waals surface area contributed by atoms with E-state index in [4.69, 9.17) is 4.74 Å². The maximum absolute atomic E-state index is 14.3. The van der Waals surface area contributed by atoms with Gasteiger partial charge in [-0.05, 0) is 94.8 Å². The topological polar surface area (TPSA) is 126 Å². The SMILES string of the molecule is COC(=O)[C@H](Cc1cc2ccccc2[nH]1)N1Cc2cc(C(C)(C)C)cc(c2O)Cc2cc(C(C)(C)C)cc(c2O)Cc2cc(C(C)(C)C)cc(c2O)Cc2cc(C(C)(C)C)cc(c2O)C1. The number of fused-ring (bicyclic) bond motifs is 9. The van der Waals surface area contributed by atoms with Gasteiger partial charge < -0.3 is 30.1 Å². The summed E-state index contributed by atoms with van der Waals surface area (Å²) < 4.78 is 5.58. The summed E-state index contributed by atoms with van der Waals surface area (Å²) >= 11 is 0. The van der Waals surface area contributed by atoms with E-state index in [0.29, 0.717) is 44.5 Å². The number of carbonyl (C=O) groups excluding carboxylic acids is 1. The number of nitrogens with zero attached hydrogens (tertiary/aromatic N) is 1. The molecule has 0 fully saturated rings. The Morgan fingerprint density at radius 3 is 1.18 bits per heavy atom. The monoisotopic (exact) mass is 879 g/mol. The summed E-state index contributed by atoms with van der Waals surface area (Å²) in [6.45, 7) is 25.9. The van der Waals surface area contributed by atoms with Gasteiger partial charge in [-0.1, -0.05) is 150 Å². The molecule has 344 valence electrons. The zero-order valence-electron chi connectivity index (χ0n) is 40.9. The van der Waals surface area contributed by atoms with Crippen LogP contribution in [0.5, 0.6) is 23.0 Å². The fourth-order valence-corrected chi connectivity index (χ4v) is 9.10. The van der Waals surface area contributed by atoms with Crippen molar-refractivity contribution >= 4 is 16.9 Å². The molecule has 7 rings (SSSR count). The second kappa shape index (κ2) is 17.2. The van der Waals surface area contributed by atoms with E-state index in [1.165, 1.54) is 7.11 Å². The average molecular weight is 879 g/mol. The van der Waals surface area contributed by atoms with Gasteiger partial charge in [-0.2, -0.15) is 0 Å². The Bertz CT molecular complexity index is 2590. The smallest absolute Gasteiger partial charge is 0.323 e. The standard InChI is InChI=1S/C57H70N2O6/c1-54(2,3)42-21-34-18-35-22-43(55(4,5)6)24-37(50(35)61)20-39-26-45(57(10,11)12)28-41(52(39)63)32-59(48(53(64)65-13)30-46-29-33-16-14-15-17-47(33)58-46)31-40-27-44(56(7,8)9)25-38(51(40)62)19-36(23-42)49(34)60/h14-17,21-29,48,58,60-63H,18-20,30-32H2,1-13H3/t48-/m0/s1. The molecule has 8 bridgehead atoms. The fourth-order valence-electron chi connectivity index (χ4n) is 9.10. The van der Waals surface area contributed by atoms with Gasteiger partial charge in [-0.25, -0.2) is 0 Å². The number of phenolic OH excluding ortho intramolecular Hbond substituents is 4. The largest absolute Gasteiger partial charge is 0.507 e. The molecule has 0 radical (unpaired) electrons. The van der Waals surface area contributed by atoms with Crippen molar-refractivity contribution in [3.05, 3.63) is 151 Å². The molecule has 0 amide bonds. The highest BCUT2D eigenvalue weighted by Gasteiger charge is 2.33. The molecule has 5 N–H and O–H groups in total. The highest BCUT2D eigenvalue weighted by atomic mass is 16.5. The van der Waals surface area contributed by atoms with Crippen molar-refractivity contribution in [2.24, 2.45) is 0 Å². The fraction of sp³-hybridized carbons (Fsp3) is 0.421. The van der Waals surface area contributed by atoms with Crippen LogP contribution >= 0.6 is 0 Å². The molecule has 0 unspecified atom stereocenters. The number of esters is 1. The molecule has 65 heavy (non-hydrogen) atoms. The van der Waals surface area contributed by atoms with E-state index in [-0.39, 0.29) is 83.4 Å². The lowest BCUT2D eigenvalue weighted by Gasteiger charge is -2.32. The number of methoxy groups -OCH3 is 1. The highest BCUT2D eigenvalue weighted by molar-refractivity contribution is 5.81. The molecule has 8 heteroatoms. The first-order chi connectivity index (χ1) is 30.2. The highest BCUT2D eigenvalue weighted by Crippen LogP contribution is 2.42. The summed E-state index contributed by atoms with van der Waals surface area (Å²) in [5.41, 5.74) is 9.83. The molecule has 0 aliphatic carbocycles. The molecule has 0 saturated carbocycles. The van der Waals surface area contributed by atoms with Crippen LogP contribution in [0.3, 0.4) is 0 Å². The van der Waals surface area contributed by atoms with Crippen molar-refractivity contribution in [3.8, 4) is 23.0 Å². The number of carbonyl (C=O) groups is 1. The van der Waals surface area contributed by atoms with Crippen LogP contribution < -0.4 is 0 Å². The van der Waals surface area contributed by atoms with Crippen LogP contribution in [-0.2, 0) is 70.0 Å². The van der Waals surface area contributed by atoms with Gasteiger partial charge in [0.2, 0.25) is 0 Å². The molecule has 5 aromatic carbocycles. The predicted molar refractivity (Wildman–Crippen MR) is 263 cm³/mol. The van der Waals surface area contributed by atoms with E-state index in [2.05, 4.69) is 94.1 Å². The lowest BCUT2D eigenvalue weighted by atomic mass is 9.80. The summed E-state index contributed by atoms with van der Waals surface area (Å²) in [4.78, 5) is 19.8. The number of H-pyrrole nitrogens is 1. The van der Waals surface area contributed by atoms with Gasteiger partial charge >= 0.3 is 5.97 Å². The summed E-state index contributed by atoms with van der Waals surface area (Å²) in [5.74, 6) is -0.0524. The molecule has 1 aliphatic rings. The van der Waals surface area contributed by atoms with Crippen LogP contribution in [0, 0.1) is 0 Å². The second-order valence-electron chi connectivity index (χ2n) is 22.6. The van der Waals surface area contributed by atoms with Gasteiger partial charge in [0.05, 0.1) is 7.11 Å². The van der Waals surface area contributed by atoms with E-state index in [0.717, 1.165) is 38.9 Å². The van der Waals surface area contributed by atoms with Crippen molar-refractivity contribution in [2.45, 2.75) is 150 Å². The minimum atomic E-state index is -0.842. The molecular weight excluding hydrogens is 809 g/mol. The van der Waals surface area contributed by atoms with Crippen molar-refractivity contribution < 1.29 is 30.0 Å². The molecule has 1 aliphatic heterocycles. The number of nitrogens with one attached hydrogen (secondary N) is 1. The van der Waals surface area contributed by atoms with Crippen LogP contribution in [0.25, 0.3) is 10.9 Å². The maximum Gasteiger partial charge on any atom is 0.323 e. The summed E-state index contributed by atoms with van der Waals surface area (Å²) in [6.07, 6.45) is 1.01. The molecule has 0 spiro atoms. The minimum absolute atomic E-state index is 0.0778. The number of ether oxygens (including phenoxy) is 1. The van der Waals surface area contributed by atoms with Crippen LogP contribution in [0.2, 0.25) is 0 Å². The first-order valence-electron chi connectivity index (χ1n) is 23.0. The van der Waals surface area contributed by atoms with Crippen LogP contribution in [0.15, 0.2) is 78.9 Å². The Balaban J connectivity index is 1.55. The number of aromatic amines is 1. The summed E-state index contributed by atoms with van der Waals surface area (Å²) in [5, 5.41) is 50.7. The van der Waals surface area contributed by atoms with Gasteiger partial charge in [-0.15, -0.1) is 0 Å². The van der Waals surface area contributed by atoms with Crippen molar-refractivity contribution in [3.63, 3.8) is 0 Å². The van der Waals surface area contributed by atoms with Crippen molar-refractivity contribution in [1.29, 1.82) is 0 Å².